The lowest BCUT2D eigenvalue weighted by Gasteiger charge is -2.20. The van der Waals surface area contributed by atoms with Gasteiger partial charge in [0.1, 0.15) is 5.75 Å². The molecule has 0 bridgehead atoms. The second-order valence-corrected chi connectivity index (χ2v) is 4.09. The van der Waals surface area contributed by atoms with Crippen molar-refractivity contribution in [2.75, 3.05) is 7.11 Å². The molecule has 2 unspecified atom stereocenters. The molecule has 5 heteroatoms. The molecule has 0 spiro atoms. The van der Waals surface area contributed by atoms with Gasteiger partial charge < -0.3 is 10.5 Å². The van der Waals surface area contributed by atoms with Gasteiger partial charge in [-0.2, -0.15) is 0 Å². The summed E-state index contributed by atoms with van der Waals surface area (Å²) in [4.78, 5) is 10.3. The lowest BCUT2D eigenvalue weighted by Crippen LogP contribution is -2.19. The molecule has 0 amide bonds. The van der Waals surface area contributed by atoms with Crippen LogP contribution in [0.25, 0.3) is 0 Å². The number of nitro benzene ring substituents is 1. The van der Waals surface area contributed by atoms with Gasteiger partial charge in [-0.3, -0.25) is 10.1 Å². The highest BCUT2D eigenvalue weighted by Gasteiger charge is 2.20. The average molecular weight is 238 g/mol. The molecular formula is C12H18N2O3. The van der Waals surface area contributed by atoms with Gasteiger partial charge in [0.15, 0.2) is 0 Å². The number of nitrogens with two attached hydrogens (primary N) is 1. The van der Waals surface area contributed by atoms with Crippen LogP contribution in [0.1, 0.15) is 31.9 Å². The Hall–Kier alpha value is -1.62. The average Bonchev–Trinajstić information content (AvgIpc) is 2.35. The number of hydrogen-bond acceptors (Lipinski definition) is 4. The van der Waals surface area contributed by atoms with Crippen LogP contribution < -0.4 is 10.5 Å². The van der Waals surface area contributed by atoms with Crippen molar-refractivity contribution in [3.63, 3.8) is 0 Å². The van der Waals surface area contributed by atoms with Crippen LogP contribution in [0, 0.1) is 16.0 Å². The van der Waals surface area contributed by atoms with E-state index in [0.717, 1.165) is 6.42 Å². The van der Waals surface area contributed by atoms with Crippen LogP contribution in [0.2, 0.25) is 0 Å². The summed E-state index contributed by atoms with van der Waals surface area (Å²) in [6.07, 6.45) is 0.910. The number of nitro groups is 1. The molecule has 0 saturated carbocycles. The Bertz CT molecular complexity index is 407. The van der Waals surface area contributed by atoms with Crippen LogP contribution in [0.3, 0.4) is 0 Å². The summed E-state index contributed by atoms with van der Waals surface area (Å²) in [5.74, 6) is 0.842. The van der Waals surface area contributed by atoms with E-state index in [1.165, 1.54) is 19.2 Å². The van der Waals surface area contributed by atoms with E-state index in [1.54, 1.807) is 6.07 Å². The van der Waals surface area contributed by atoms with Crippen molar-refractivity contribution < 1.29 is 9.66 Å². The van der Waals surface area contributed by atoms with Crippen molar-refractivity contribution in [2.24, 2.45) is 11.7 Å². The fourth-order valence-corrected chi connectivity index (χ4v) is 1.66. The summed E-state index contributed by atoms with van der Waals surface area (Å²) in [6.45, 7) is 4.05. The number of non-ortho nitro benzene ring substituents is 1. The molecule has 1 aromatic rings. The van der Waals surface area contributed by atoms with Crippen LogP contribution in [0.4, 0.5) is 5.69 Å². The summed E-state index contributed by atoms with van der Waals surface area (Å²) in [6, 6.07) is 4.26. The van der Waals surface area contributed by atoms with Crippen molar-refractivity contribution in [1.82, 2.24) is 0 Å². The molecule has 0 fully saturated rings. The van der Waals surface area contributed by atoms with E-state index < -0.39 is 4.92 Å². The first-order valence-corrected chi connectivity index (χ1v) is 5.59. The largest absolute Gasteiger partial charge is 0.496 e. The van der Waals surface area contributed by atoms with Crippen molar-refractivity contribution in [3.8, 4) is 5.75 Å². The van der Waals surface area contributed by atoms with Crippen molar-refractivity contribution in [3.05, 3.63) is 33.9 Å². The zero-order valence-corrected chi connectivity index (χ0v) is 10.3. The summed E-state index contributed by atoms with van der Waals surface area (Å²) >= 11 is 0. The second kappa shape index (κ2) is 5.63. The van der Waals surface area contributed by atoms with E-state index in [0.29, 0.717) is 11.3 Å². The van der Waals surface area contributed by atoms with Gasteiger partial charge in [0, 0.05) is 23.7 Å². The van der Waals surface area contributed by atoms with Gasteiger partial charge in [-0.05, 0) is 12.0 Å². The smallest absolute Gasteiger partial charge is 0.270 e. The zero-order chi connectivity index (χ0) is 13.0. The molecule has 5 nitrogen and oxygen atoms in total. The third-order valence-electron chi connectivity index (χ3n) is 3.04. The van der Waals surface area contributed by atoms with Gasteiger partial charge in [0.05, 0.1) is 12.0 Å². The molecule has 94 valence electrons. The van der Waals surface area contributed by atoms with Gasteiger partial charge in [-0.1, -0.05) is 20.3 Å². The minimum atomic E-state index is -0.424. The first kappa shape index (κ1) is 13.4. The molecule has 17 heavy (non-hydrogen) atoms. The minimum Gasteiger partial charge on any atom is -0.496 e. The fraction of sp³-hybridized carbons (Fsp3) is 0.500. The maximum Gasteiger partial charge on any atom is 0.270 e. The molecule has 0 heterocycles. The van der Waals surface area contributed by atoms with Crippen LogP contribution in [0.15, 0.2) is 18.2 Å². The Balaban J connectivity index is 3.18. The first-order valence-electron chi connectivity index (χ1n) is 5.59. The molecule has 2 N–H and O–H groups in total. The van der Waals surface area contributed by atoms with Gasteiger partial charge in [-0.15, -0.1) is 0 Å². The molecule has 0 aliphatic carbocycles. The molecule has 0 aliphatic rings. The third-order valence-corrected chi connectivity index (χ3v) is 3.04. The summed E-state index contributed by atoms with van der Waals surface area (Å²) in [5.41, 5.74) is 6.82. The first-order chi connectivity index (χ1) is 8.01. The lowest BCUT2D eigenvalue weighted by molar-refractivity contribution is -0.385. The van der Waals surface area contributed by atoms with Crippen LogP contribution >= 0.6 is 0 Å². The topological polar surface area (TPSA) is 78.4 Å². The number of nitrogens with zero attached hydrogens (tertiary/aromatic N) is 1. The predicted octanol–water partition coefficient (Wildman–Crippen LogP) is 2.65. The Morgan fingerprint density at radius 1 is 1.53 bits per heavy atom. The SMILES string of the molecule is CCC(C)C(N)c1cc([N+](=O)[O-])ccc1OC. The minimum absolute atomic E-state index is 0.0413. The molecule has 0 radical (unpaired) electrons. The highest BCUT2D eigenvalue weighted by atomic mass is 16.6. The molecule has 0 saturated heterocycles. The van der Waals surface area contributed by atoms with E-state index in [-0.39, 0.29) is 17.6 Å². The van der Waals surface area contributed by atoms with E-state index in [9.17, 15) is 10.1 Å². The quantitative estimate of drug-likeness (QED) is 0.631. The predicted molar refractivity (Wildman–Crippen MR) is 66.0 cm³/mol. The zero-order valence-electron chi connectivity index (χ0n) is 10.3. The van der Waals surface area contributed by atoms with E-state index >= 15 is 0 Å². The Morgan fingerprint density at radius 2 is 2.18 bits per heavy atom. The van der Waals surface area contributed by atoms with E-state index in [4.69, 9.17) is 10.5 Å². The van der Waals surface area contributed by atoms with Crippen molar-refractivity contribution >= 4 is 5.69 Å². The van der Waals surface area contributed by atoms with E-state index in [1.807, 2.05) is 13.8 Å². The fourth-order valence-electron chi connectivity index (χ4n) is 1.66. The van der Waals surface area contributed by atoms with Crippen LogP contribution in [-0.2, 0) is 0 Å². The highest BCUT2D eigenvalue weighted by molar-refractivity contribution is 5.45. The highest BCUT2D eigenvalue weighted by Crippen LogP contribution is 2.32. The maximum absolute atomic E-state index is 10.7. The van der Waals surface area contributed by atoms with Crippen molar-refractivity contribution in [1.29, 1.82) is 0 Å². The molecule has 0 aliphatic heterocycles. The summed E-state index contributed by atoms with van der Waals surface area (Å²) in [7, 11) is 1.54. The molecular weight excluding hydrogens is 220 g/mol. The summed E-state index contributed by atoms with van der Waals surface area (Å²) < 4.78 is 5.19. The number of methoxy groups -OCH3 is 1. The maximum atomic E-state index is 10.7. The Morgan fingerprint density at radius 3 is 2.65 bits per heavy atom. The number of rotatable bonds is 5. The Labute approximate surface area is 101 Å². The Kier molecular flexibility index (Phi) is 4.45. The number of benzene rings is 1. The lowest BCUT2D eigenvalue weighted by atomic mass is 9.92. The molecule has 2 atom stereocenters. The monoisotopic (exact) mass is 238 g/mol. The van der Waals surface area contributed by atoms with Crippen LogP contribution in [0.5, 0.6) is 5.75 Å². The van der Waals surface area contributed by atoms with Crippen molar-refractivity contribution in [2.45, 2.75) is 26.3 Å². The summed E-state index contributed by atoms with van der Waals surface area (Å²) in [5, 5.41) is 10.7. The van der Waals surface area contributed by atoms with E-state index in [2.05, 4.69) is 0 Å². The van der Waals surface area contributed by atoms with Gasteiger partial charge in [0.2, 0.25) is 0 Å². The van der Waals surface area contributed by atoms with Gasteiger partial charge in [-0.25, -0.2) is 0 Å². The number of ether oxygens (including phenoxy) is 1. The molecule has 0 aromatic heterocycles. The third kappa shape index (κ3) is 2.94. The normalized spacial score (nSPS) is 14.1. The van der Waals surface area contributed by atoms with Gasteiger partial charge >= 0.3 is 0 Å². The molecule has 1 aromatic carbocycles. The van der Waals surface area contributed by atoms with Crippen LogP contribution in [-0.4, -0.2) is 12.0 Å². The number of hydrogen-bond donors (Lipinski definition) is 1. The standard InChI is InChI=1S/C12H18N2O3/c1-4-8(2)12(13)10-7-9(14(15)16)5-6-11(10)17-3/h5-8,12H,4,13H2,1-3H3. The molecule has 1 rings (SSSR count). The second-order valence-electron chi connectivity index (χ2n) is 4.09. The van der Waals surface area contributed by atoms with Gasteiger partial charge in [0.25, 0.3) is 5.69 Å².